The first-order valence-corrected chi connectivity index (χ1v) is 14.1. The van der Waals surface area contributed by atoms with Gasteiger partial charge in [0.05, 0.1) is 23.3 Å². The lowest BCUT2D eigenvalue weighted by Crippen LogP contribution is -2.52. The lowest BCUT2D eigenvalue weighted by atomic mass is 10.0. The van der Waals surface area contributed by atoms with Gasteiger partial charge in [-0.15, -0.1) is 0 Å². The van der Waals surface area contributed by atoms with Gasteiger partial charge in [-0.25, -0.2) is 9.37 Å². The first kappa shape index (κ1) is 28.4. The molecule has 40 heavy (non-hydrogen) atoms. The van der Waals surface area contributed by atoms with Crippen LogP contribution in [0, 0.1) is 5.82 Å². The second kappa shape index (κ2) is 12.6. The van der Waals surface area contributed by atoms with E-state index in [4.69, 9.17) is 23.2 Å². The van der Waals surface area contributed by atoms with E-state index in [1.165, 1.54) is 19.2 Å². The van der Waals surface area contributed by atoms with Gasteiger partial charge in [0.2, 0.25) is 11.9 Å². The molecule has 0 bridgehead atoms. The predicted octanol–water partition coefficient (Wildman–Crippen LogP) is 5.58. The Morgan fingerprint density at radius 2 is 1.73 bits per heavy atom. The summed E-state index contributed by atoms with van der Waals surface area (Å²) in [4.78, 5) is 27.4. The molecule has 212 valence electrons. The second-order valence-corrected chi connectivity index (χ2v) is 11.1. The molecular weight excluding hydrogens is 554 g/mol. The number of carbonyl (C=O) groups is 1. The molecule has 0 aliphatic carbocycles. The van der Waals surface area contributed by atoms with E-state index in [1.54, 1.807) is 24.3 Å². The van der Waals surface area contributed by atoms with Gasteiger partial charge in [-0.3, -0.25) is 9.69 Å². The zero-order valence-corrected chi connectivity index (χ0v) is 24.1. The van der Waals surface area contributed by atoms with E-state index in [2.05, 4.69) is 47.7 Å². The number of hydrogen-bond donors (Lipinski definition) is 3. The van der Waals surface area contributed by atoms with Crippen molar-refractivity contribution in [1.29, 1.82) is 0 Å². The lowest BCUT2D eigenvalue weighted by molar-refractivity contribution is -0.114. The Morgan fingerprint density at radius 1 is 0.975 bits per heavy atom. The maximum Gasteiger partial charge on any atom is 0.229 e. The molecular formula is C28H33Cl2FN8O. The van der Waals surface area contributed by atoms with Crippen molar-refractivity contribution in [3.8, 4) is 0 Å². The Kier molecular flexibility index (Phi) is 8.90. The number of nitrogens with one attached hydrogen (secondary N) is 3. The molecule has 2 saturated heterocycles. The van der Waals surface area contributed by atoms with E-state index in [0.717, 1.165) is 52.1 Å². The Balaban J connectivity index is 1.24. The molecule has 2 aromatic carbocycles. The molecule has 0 atom stereocenters. The first-order valence-electron chi connectivity index (χ1n) is 13.4. The fourth-order valence-corrected chi connectivity index (χ4v) is 5.50. The van der Waals surface area contributed by atoms with Crippen molar-refractivity contribution in [2.45, 2.75) is 25.8 Å². The van der Waals surface area contributed by atoms with Gasteiger partial charge in [0.1, 0.15) is 10.8 Å². The minimum Gasteiger partial charge on any atom is -0.369 e. The lowest BCUT2D eigenvalue weighted by Gasteiger charge is -2.42. The maximum absolute atomic E-state index is 15.2. The summed E-state index contributed by atoms with van der Waals surface area (Å²) in [6.07, 6.45) is 3.51. The van der Waals surface area contributed by atoms with Crippen LogP contribution in [0.5, 0.6) is 0 Å². The number of amides is 1. The number of nitrogens with zero attached hydrogens (tertiary/aromatic N) is 5. The molecule has 2 fully saturated rings. The maximum atomic E-state index is 15.2. The smallest absolute Gasteiger partial charge is 0.229 e. The number of piperazine rings is 1. The van der Waals surface area contributed by atoms with E-state index in [0.29, 0.717) is 39.6 Å². The van der Waals surface area contributed by atoms with Crippen molar-refractivity contribution in [2.75, 3.05) is 67.2 Å². The topological polar surface area (TPSA) is 88.7 Å². The zero-order valence-electron chi connectivity index (χ0n) is 22.6. The third kappa shape index (κ3) is 6.93. The molecule has 0 saturated carbocycles. The summed E-state index contributed by atoms with van der Waals surface area (Å²) >= 11 is 12.5. The van der Waals surface area contributed by atoms with Crippen molar-refractivity contribution >= 4 is 63.6 Å². The highest BCUT2D eigenvalue weighted by Crippen LogP contribution is 2.32. The van der Waals surface area contributed by atoms with Crippen LogP contribution in [0.25, 0.3) is 0 Å². The van der Waals surface area contributed by atoms with E-state index in [-0.39, 0.29) is 22.7 Å². The molecule has 1 amide bonds. The fraction of sp³-hybridized carbons (Fsp3) is 0.393. The van der Waals surface area contributed by atoms with Crippen molar-refractivity contribution in [2.24, 2.45) is 0 Å². The van der Waals surface area contributed by atoms with Crippen molar-refractivity contribution in [3.63, 3.8) is 0 Å². The van der Waals surface area contributed by atoms with Crippen LogP contribution in [0.15, 0.2) is 42.6 Å². The van der Waals surface area contributed by atoms with Crippen molar-refractivity contribution in [1.82, 2.24) is 19.8 Å². The second-order valence-electron chi connectivity index (χ2n) is 10.2. The van der Waals surface area contributed by atoms with Gasteiger partial charge in [-0.05, 0) is 56.3 Å². The zero-order chi connectivity index (χ0) is 28.2. The number of hydrogen-bond acceptors (Lipinski definition) is 8. The van der Waals surface area contributed by atoms with Crippen LogP contribution in [-0.2, 0) is 4.79 Å². The first-order chi connectivity index (χ1) is 19.2. The Labute approximate surface area is 243 Å². The average molecular weight is 588 g/mol. The van der Waals surface area contributed by atoms with Gasteiger partial charge >= 0.3 is 0 Å². The van der Waals surface area contributed by atoms with Crippen LogP contribution in [-0.4, -0.2) is 78.0 Å². The minimum absolute atomic E-state index is 0.230. The molecule has 0 spiro atoms. The molecule has 2 aliphatic heterocycles. The number of halogens is 3. The largest absolute Gasteiger partial charge is 0.369 e. The molecule has 1 aromatic heterocycles. The van der Waals surface area contributed by atoms with E-state index >= 15 is 4.39 Å². The molecule has 0 radical (unpaired) electrons. The number of rotatable bonds is 7. The number of benzene rings is 2. The number of anilines is 6. The Bertz CT molecular complexity index is 1360. The average Bonchev–Trinajstić information content (AvgIpc) is 2.93. The molecule has 3 heterocycles. The van der Waals surface area contributed by atoms with Crippen LogP contribution in [0.1, 0.15) is 19.8 Å². The summed E-state index contributed by atoms with van der Waals surface area (Å²) in [5.41, 5.74) is 2.16. The van der Waals surface area contributed by atoms with Crippen LogP contribution in [0.3, 0.4) is 0 Å². The Morgan fingerprint density at radius 3 is 2.42 bits per heavy atom. The van der Waals surface area contributed by atoms with Crippen molar-refractivity contribution in [3.05, 3.63) is 58.5 Å². The molecule has 12 heteroatoms. The summed E-state index contributed by atoms with van der Waals surface area (Å²) in [6.45, 7) is 7.51. The van der Waals surface area contributed by atoms with Gasteiger partial charge in [-0.2, -0.15) is 4.98 Å². The molecule has 9 nitrogen and oxygen atoms in total. The van der Waals surface area contributed by atoms with Gasteiger partial charge in [0.15, 0.2) is 5.82 Å². The predicted molar refractivity (Wildman–Crippen MR) is 160 cm³/mol. The molecule has 5 rings (SSSR count). The third-order valence-electron chi connectivity index (χ3n) is 7.35. The van der Waals surface area contributed by atoms with Gasteiger partial charge in [-0.1, -0.05) is 23.2 Å². The number of piperidine rings is 1. The van der Waals surface area contributed by atoms with Gasteiger partial charge in [0.25, 0.3) is 0 Å². The summed E-state index contributed by atoms with van der Waals surface area (Å²) in [5, 5.41) is 9.63. The normalized spacial score (nSPS) is 17.1. The van der Waals surface area contributed by atoms with Crippen molar-refractivity contribution < 1.29 is 9.18 Å². The van der Waals surface area contributed by atoms with Gasteiger partial charge < -0.3 is 25.8 Å². The summed E-state index contributed by atoms with van der Waals surface area (Å²) < 4.78 is 15.2. The molecule has 3 aromatic rings. The monoisotopic (exact) mass is 586 g/mol. The summed E-state index contributed by atoms with van der Waals surface area (Å²) in [5.74, 6) is 0.00381. The van der Waals surface area contributed by atoms with Crippen LogP contribution in [0.4, 0.5) is 38.9 Å². The molecule has 0 unspecified atom stereocenters. The fourth-order valence-electron chi connectivity index (χ4n) is 5.19. The quantitative estimate of drug-likeness (QED) is 0.330. The number of carbonyl (C=O) groups excluding carboxylic acids is 1. The highest BCUT2D eigenvalue weighted by molar-refractivity contribution is 6.33. The summed E-state index contributed by atoms with van der Waals surface area (Å²) in [7, 11) is 2.17. The Hall–Kier alpha value is -3.18. The molecule has 3 N–H and O–H groups in total. The summed E-state index contributed by atoms with van der Waals surface area (Å²) in [6, 6.07) is 10.6. The standard InChI is InChI=1S/C28H33Cl2FN8O/c1-18(40)33-24-5-3-19(29)15-25(24)35-27-22(30)17-32-28(36-27)34-20-4-6-26(23(31)16-20)39-9-7-21(8-10-39)38-13-11-37(2)12-14-38/h3-6,15-17,21H,7-14H2,1-2H3,(H,33,40)(H2,32,34,35,36). The third-order valence-corrected chi connectivity index (χ3v) is 7.86. The highest BCUT2D eigenvalue weighted by atomic mass is 35.5. The number of aromatic nitrogens is 2. The molecule has 2 aliphatic rings. The van der Waals surface area contributed by atoms with Gasteiger partial charge in [0, 0.05) is 62.9 Å². The minimum atomic E-state index is -0.297. The highest BCUT2D eigenvalue weighted by Gasteiger charge is 2.27. The van der Waals surface area contributed by atoms with E-state index in [9.17, 15) is 4.79 Å². The van der Waals surface area contributed by atoms with Crippen LogP contribution in [0.2, 0.25) is 10.0 Å². The van der Waals surface area contributed by atoms with Crippen LogP contribution >= 0.6 is 23.2 Å². The van der Waals surface area contributed by atoms with E-state index < -0.39 is 0 Å². The SMILES string of the molecule is CC(=O)Nc1ccc(Cl)cc1Nc1nc(Nc2ccc(N3CCC(N4CCN(C)CC4)CC3)c(F)c2)ncc1Cl. The number of likely N-dealkylation sites (N-methyl/N-ethyl adjacent to an activating group) is 1. The van der Waals surface area contributed by atoms with Crippen LogP contribution < -0.4 is 20.9 Å². The van der Waals surface area contributed by atoms with E-state index in [1.807, 2.05) is 6.07 Å².